The highest BCUT2D eigenvalue weighted by molar-refractivity contribution is 5.39. The largest absolute Gasteiger partial charge is 0.493 e. The molecule has 1 aliphatic heterocycles. The van der Waals surface area contributed by atoms with Crippen LogP contribution in [0, 0.1) is 0 Å². The molecular weight excluding hydrogens is 252 g/mol. The molecule has 0 saturated carbocycles. The highest BCUT2D eigenvalue weighted by Gasteiger charge is 2.20. The minimum Gasteiger partial charge on any atom is -0.493 e. The number of likely N-dealkylation sites (tertiary alicyclic amines) is 1. The topological polar surface area (TPSA) is 24.9 Å². The summed E-state index contributed by atoms with van der Waals surface area (Å²) in [6.45, 7) is 4.03. The van der Waals surface area contributed by atoms with Crippen LogP contribution >= 0.6 is 0 Å². The third kappa shape index (κ3) is 4.12. The molecule has 2 rings (SSSR count). The fraction of sp³-hybridized carbons (Fsp3) is 0.625. The zero-order valence-corrected chi connectivity index (χ0v) is 12.8. The van der Waals surface area contributed by atoms with E-state index in [1.54, 1.807) is 7.11 Å². The van der Waals surface area contributed by atoms with Crippen molar-refractivity contribution in [1.82, 2.24) is 9.80 Å². The molecule has 1 heterocycles. The molecule has 0 amide bonds. The fourth-order valence-corrected chi connectivity index (χ4v) is 2.68. The summed E-state index contributed by atoms with van der Waals surface area (Å²) in [4.78, 5) is 4.82. The van der Waals surface area contributed by atoms with Crippen LogP contribution in [0.15, 0.2) is 24.3 Å². The Hall–Kier alpha value is -1.26. The minimum absolute atomic E-state index is 0.715. The van der Waals surface area contributed by atoms with E-state index in [0.717, 1.165) is 37.2 Å². The van der Waals surface area contributed by atoms with Crippen LogP contribution < -0.4 is 9.47 Å². The summed E-state index contributed by atoms with van der Waals surface area (Å²) >= 11 is 0. The van der Waals surface area contributed by atoms with Crippen molar-refractivity contribution in [3.8, 4) is 11.5 Å². The van der Waals surface area contributed by atoms with Gasteiger partial charge in [0.05, 0.1) is 7.11 Å². The summed E-state index contributed by atoms with van der Waals surface area (Å²) < 4.78 is 11.1. The van der Waals surface area contributed by atoms with E-state index in [4.69, 9.17) is 9.47 Å². The molecule has 0 spiro atoms. The van der Waals surface area contributed by atoms with E-state index in [0.29, 0.717) is 6.61 Å². The molecule has 4 nitrogen and oxygen atoms in total. The van der Waals surface area contributed by atoms with E-state index in [-0.39, 0.29) is 0 Å². The summed E-state index contributed by atoms with van der Waals surface area (Å²) in [5, 5.41) is 0. The lowest BCUT2D eigenvalue weighted by Gasteiger charge is -2.35. The number of ether oxygens (including phenoxy) is 2. The third-order valence-electron chi connectivity index (χ3n) is 4.02. The van der Waals surface area contributed by atoms with Crippen LogP contribution in [0.4, 0.5) is 0 Å². The molecule has 0 unspecified atom stereocenters. The van der Waals surface area contributed by atoms with E-state index in [9.17, 15) is 0 Å². The first-order valence-electron chi connectivity index (χ1n) is 7.35. The second-order valence-corrected chi connectivity index (χ2v) is 5.54. The maximum absolute atomic E-state index is 5.83. The van der Waals surface area contributed by atoms with Crippen molar-refractivity contribution < 1.29 is 9.47 Å². The van der Waals surface area contributed by atoms with Crippen LogP contribution in [0.5, 0.6) is 11.5 Å². The second kappa shape index (κ2) is 7.50. The molecule has 0 radical (unpaired) electrons. The molecule has 1 aliphatic rings. The van der Waals surface area contributed by atoms with Crippen molar-refractivity contribution in [3.63, 3.8) is 0 Å². The predicted octanol–water partition coefficient (Wildman–Crippen LogP) is 2.10. The van der Waals surface area contributed by atoms with Crippen LogP contribution in [0.1, 0.15) is 12.8 Å². The highest BCUT2D eigenvalue weighted by atomic mass is 16.5. The second-order valence-electron chi connectivity index (χ2n) is 5.54. The smallest absolute Gasteiger partial charge is 0.161 e. The van der Waals surface area contributed by atoms with Crippen LogP contribution in [-0.4, -0.2) is 63.3 Å². The van der Waals surface area contributed by atoms with Crippen molar-refractivity contribution in [2.24, 2.45) is 0 Å². The Labute approximate surface area is 122 Å². The van der Waals surface area contributed by atoms with Crippen LogP contribution in [0.3, 0.4) is 0 Å². The van der Waals surface area contributed by atoms with Crippen LogP contribution in [0.25, 0.3) is 0 Å². The maximum Gasteiger partial charge on any atom is 0.161 e. The molecular formula is C16H26N2O2. The predicted molar refractivity (Wildman–Crippen MR) is 81.6 cm³/mol. The third-order valence-corrected chi connectivity index (χ3v) is 4.02. The number of hydrogen-bond donors (Lipinski definition) is 0. The Morgan fingerprint density at radius 2 is 1.80 bits per heavy atom. The molecule has 0 N–H and O–H groups in total. The molecule has 0 aromatic heterocycles. The maximum atomic E-state index is 5.83. The minimum atomic E-state index is 0.715. The molecule has 1 fully saturated rings. The van der Waals surface area contributed by atoms with Gasteiger partial charge in [-0.1, -0.05) is 12.1 Å². The molecule has 1 saturated heterocycles. The van der Waals surface area contributed by atoms with Crippen molar-refractivity contribution in [2.45, 2.75) is 18.9 Å². The van der Waals surface area contributed by atoms with Gasteiger partial charge in [0, 0.05) is 12.6 Å². The lowest BCUT2D eigenvalue weighted by molar-refractivity contribution is 0.127. The van der Waals surface area contributed by atoms with Gasteiger partial charge in [-0.15, -0.1) is 0 Å². The average Bonchev–Trinajstić information content (AvgIpc) is 2.48. The summed E-state index contributed by atoms with van der Waals surface area (Å²) in [5.41, 5.74) is 0. The van der Waals surface area contributed by atoms with Crippen molar-refractivity contribution in [3.05, 3.63) is 24.3 Å². The van der Waals surface area contributed by atoms with Crippen LogP contribution in [-0.2, 0) is 0 Å². The Morgan fingerprint density at radius 1 is 1.15 bits per heavy atom. The fourth-order valence-electron chi connectivity index (χ4n) is 2.68. The monoisotopic (exact) mass is 278 g/mol. The summed E-state index contributed by atoms with van der Waals surface area (Å²) in [6, 6.07) is 8.55. The first-order chi connectivity index (χ1) is 9.70. The van der Waals surface area contributed by atoms with E-state index in [1.165, 1.54) is 12.8 Å². The van der Waals surface area contributed by atoms with E-state index in [1.807, 2.05) is 24.3 Å². The van der Waals surface area contributed by atoms with Gasteiger partial charge in [-0.2, -0.15) is 0 Å². The van der Waals surface area contributed by atoms with E-state index in [2.05, 4.69) is 23.9 Å². The zero-order chi connectivity index (χ0) is 14.4. The molecule has 0 bridgehead atoms. The Bertz CT molecular complexity index is 401. The van der Waals surface area contributed by atoms with Gasteiger partial charge in [0.15, 0.2) is 11.5 Å². The average molecular weight is 278 g/mol. The van der Waals surface area contributed by atoms with Gasteiger partial charge in [0.25, 0.3) is 0 Å². The summed E-state index contributed by atoms with van der Waals surface area (Å²) in [6.07, 6.45) is 2.50. The van der Waals surface area contributed by atoms with E-state index >= 15 is 0 Å². The Balaban J connectivity index is 1.72. The number of benzene rings is 1. The first kappa shape index (κ1) is 15.1. The van der Waals surface area contributed by atoms with Gasteiger partial charge in [-0.3, -0.25) is 4.90 Å². The van der Waals surface area contributed by atoms with Gasteiger partial charge >= 0.3 is 0 Å². The number of methoxy groups -OCH3 is 1. The van der Waals surface area contributed by atoms with Crippen molar-refractivity contribution in [2.75, 3.05) is 47.4 Å². The van der Waals surface area contributed by atoms with Gasteiger partial charge in [0.2, 0.25) is 0 Å². The Kier molecular flexibility index (Phi) is 5.68. The highest BCUT2D eigenvalue weighted by Crippen LogP contribution is 2.25. The molecule has 1 aromatic rings. The van der Waals surface area contributed by atoms with Gasteiger partial charge in [-0.05, 0) is 52.2 Å². The molecule has 4 heteroatoms. The molecule has 1 aromatic carbocycles. The number of rotatable bonds is 6. The number of para-hydroxylation sites is 2. The lowest BCUT2D eigenvalue weighted by Crippen LogP contribution is -2.43. The van der Waals surface area contributed by atoms with E-state index < -0.39 is 0 Å². The first-order valence-corrected chi connectivity index (χ1v) is 7.35. The van der Waals surface area contributed by atoms with Gasteiger partial charge in [-0.25, -0.2) is 0 Å². The Morgan fingerprint density at radius 3 is 2.40 bits per heavy atom. The quantitative estimate of drug-likeness (QED) is 0.795. The van der Waals surface area contributed by atoms with Crippen LogP contribution in [0.2, 0.25) is 0 Å². The molecule has 0 aliphatic carbocycles. The number of hydrogen-bond acceptors (Lipinski definition) is 4. The molecule has 0 atom stereocenters. The number of nitrogens with zero attached hydrogens (tertiary/aromatic N) is 2. The molecule has 112 valence electrons. The summed E-state index contributed by atoms with van der Waals surface area (Å²) in [5.74, 6) is 1.64. The van der Waals surface area contributed by atoms with Crippen molar-refractivity contribution >= 4 is 0 Å². The van der Waals surface area contributed by atoms with Gasteiger partial charge < -0.3 is 14.4 Å². The SMILES string of the molecule is COc1ccccc1OCCN1CCC(N(C)C)CC1. The van der Waals surface area contributed by atoms with Crippen molar-refractivity contribution in [1.29, 1.82) is 0 Å². The number of piperidine rings is 1. The normalized spacial score (nSPS) is 17.4. The molecule has 20 heavy (non-hydrogen) atoms. The van der Waals surface area contributed by atoms with Gasteiger partial charge in [0.1, 0.15) is 6.61 Å². The lowest BCUT2D eigenvalue weighted by atomic mass is 10.0. The summed E-state index contributed by atoms with van der Waals surface area (Å²) in [7, 11) is 6.02. The standard InChI is InChI=1S/C16H26N2O2/c1-17(2)14-8-10-18(11-9-14)12-13-20-16-7-5-4-6-15(16)19-3/h4-7,14H,8-13H2,1-3H3. The zero-order valence-electron chi connectivity index (χ0n) is 12.8.